The molecular formula is C18H32O. The van der Waals surface area contributed by atoms with Crippen molar-refractivity contribution < 1.29 is 4.79 Å². The average molecular weight is 264 g/mol. The van der Waals surface area contributed by atoms with Crippen LogP contribution >= 0.6 is 0 Å². The van der Waals surface area contributed by atoms with Crippen LogP contribution in [0.5, 0.6) is 0 Å². The molecule has 1 heteroatoms. The molecule has 0 aromatic heterocycles. The molecule has 0 amide bonds. The summed E-state index contributed by atoms with van der Waals surface area (Å²) in [4.78, 5) is 12.2. The summed E-state index contributed by atoms with van der Waals surface area (Å²) in [6.45, 7) is 9.50. The highest BCUT2D eigenvalue weighted by Gasteiger charge is 2.52. The van der Waals surface area contributed by atoms with Gasteiger partial charge in [-0.1, -0.05) is 47.0 Å². The molecule has 0 radical (unpaired) electrons. The van der Waals surface area contributed by atoms with Gasteiger partial charge in [0.1, 0.15) is 5.78 Å². The Morgan fingerprint density at radius 2 is 1.95 bits per heavy atom. The van der Waals surface area contributed by atoms with Crippen molar-refractivity contribution >= 4 is 5.78 Å². The van der Waals surface area contributed by atoms with Gasteiger partial charge < -0.3 is 0 Å². The van der Waals surface area contributed by atoms with Gasteiger partial charge in [0, 0.05) is 12.3 Å². The maximum Gasteiger partial charge on any atom is 0.136 e. The standard InChI is InChI=1S/C18H32O/c1-13(2)7-5-8-14(3)15-10-11-16-17(19)9-6-12-18(15,16)4/h13-16H,5-12H2,1-4H3/t14-,15?,16-,18+/m0/s1. The van der Waals surface area contributed by atoms with E-state index in [-0.39, 0.29) is 0 Å². The Kier molecular flexibility index (Phi) is 4.74. The number of ketones is 1. The topological polar surface area (TPSA) is 17.1 Å². The minimum atomic E-state index is 0.340. The molecule has 0 aliphatic heterocycles. The fourth-order valence-corrected chi connectivity index (χ4v) is 4.95. The van der Waals surface area contributed by atoms with E-state index in [1.54, 1.807) is 0 Å². The molecule has 2 aliphatic carbocycles. The second-order valence-corrected chi connectivity index (χ2v) is 7.86. The number of carbonyl (C=O) groups is 1. The summed E-state index contributed by atoms with van der Waals surface area (Å²) in [6.07, 6.45) is 9.85. The van der Waals surface area contributed by atoms with E-state index in [0.717, 1.165) is 30.6 Å². The van der Waals surface area contributed by atoms with Crippen molar-refractivity contribution in [2.45, 2.75) is 79.1 Å². The number of hydrogen-bond acceptors (Lipinski definition) is 1. The number of Topliss-reactive ketones (excluding diaryl/α,β-unsaturated/α-hetero) is 1. The molecule has 0 spiro atoms. The summed E-state index contributed by atoms with van der Waals surface area (Å²) < 4.78 is 0. The minimum Gasteiger partial charge on any atom is -0.299 e. The summed E-state index contributed by atoms with van der Waals surface area (Å²) in [5.41, 5.74) is 0.340. The van der Waals surface area contributed by atoms with Crippen LogP contribution in [-0.2, 0) is 4.79 Å². The SMILES string of the molecule is CC(C)CCC[C@H](C)C1CC[C@H]2C(=O)CCC[C@]12C. The molecule has 4 atom stereocenters. The molecule has 2 fully saturated rings. The summed E-state index contributed by atoms with van der Waals surface area (Å²) >= 11 is 0. The smallest absolute Gasteiger partial charge is 0.136 e. The lowest BCUT2D eigenvalue weighted by Gasteiger charge is -2.42. The molecule has 1 nitrogen and oxygen atoms in total. The van der Waals surface area contributed by atoms with E-state index in [0.29, 0.717) is 17.1 Å². The maximum atomic E-state index is 12.2. The molecule has 0 bridgehead atoms. The molecule has 110 valence electrons. The quantitative estimate of drug-likeness (QED) is 0.664. The van der Waals surface area contributed by atoms with Crippen LogP contribution in [0.1, 0.15) is 79.1 Å². The summed E-state index contributed by atoms with van der Waals surface area (Å²) in [7, 11) is 0. The van der Waals surface area contributed by atoms with Gasteiger partial charge in [-0.25, -0.2) is 0 Å². The third kappa shape index (κ3) is 3.06. The van der Waals surface area contributed by atoms with Crippen LogP contribution in [0, 0.1) is 29.1 Å². The van der Waals surface area contributed by atoms with E-state index in [9.17, 15) is 4.79 Å². The van der Waals surface area contributed by atoms with E-state index in [1.807, 2.05) is 0 Å². The lowest BCUT2D eigenvalue weighted by atomic mass is 9.62. The van der Waals surface area contributed by atoms with Crippen molar-refractivity contribution in [1.82, 2.24) is 0 Å². The molecule has 2 aliphatic rings. The molecule has 0 N–H and O–H groups in total. The normalized spacial score (nSPS) is 36.6. The van der Waals surface area contributed by atoms with Gasteiger partial charge in [0.05, 0.1) is 0 Å². The Labute approximate surface area is 119 Å². The van der Waals surface area contributed by atoms with E-state index in [4.69, 9.17) is 0 Å². The molecular weight excluding hydrogens is 232 g/mol. The van der Waals surface area contributed by atoms with Gasteiger partial charge >= 0.3 is 0 Å². The molecule has 2 rings (SSSR count). The predicted molar refractivity (Wildman–Crippen MR) is 81.0 cm³/mol. The Morgan fingerprint density at radius 3 is 2.63 bits per heavy atom. The van der Waals surface area contributed by atoms with Crippen molar-refractivity contribution in [3.8, 4) is 0 Å². The highest BCUT2D eigenvalue weighted by molar-refractivity contribution is 5.83. The molecule has 0 aromatic carbocycles. The minimum absolute atomic E-state index is 0.340. The second-order valence-electron chi connectivity index (χ2n) is 7.86. The molecule has 19 heavy (non-hydrogen) atoms. The Morgan fingerprint density at radius 1 is 1.21 bits per heavy atom. The summed E-state index contributed by atoms with van der Waals surface area (Å²) in [5.74, 6) is 3.41. The van der Waals surface area contributed by atoms with Gasteiger partial charge in [-0.2, -0.15) is 0 Å². The van der Waals surface area contributed by atoms with E-state index in [1.165, 1.54) is 38.5 Å². The molecule has 2 saturated carbocycles. The Hall–Kier alpha value is -0.330. The van der Waals surface area contributed by atoms with Crippen LogP contribution in [0.3, 0.4) is 0 Å². The second kappa shape index (κ2) is 5.97. The number of hydrogen-bond donors (Lipinski definition) is 0. The molecule has 0 aromatic rings. The number of rotatable bonds is 5. The van der Waals surface area contributed by atoms with E-state index >= 15 is 0 Å². The third-order valence-corrected chi connectivity index (χ3v) is 6.06. The zero-order chi connectivity index (χ0) is 14.0. The van der Waals surface area contributed by atoms with E-state index in [2.05, 4.69) is 27.7 Å². The van der Waals surface area contributed by atoms with Gasteiger partial charge in [0.15, 0.2) is 0 Å². The van der Waals surface area contributed by atoms with Gasteiger partial charge in [-0.3, -0.25) is 4.79 Å². The predicted octanol–water partition coefficient (Wildman–Crippen LogP) is 5.23. The Bertz CT molecular complexity index is 320. The fraction of sp³-hybridized carbons (Fsp3) is 0.944. The monoisotopic (exact) mass is 264 g/mol. The summed E-state index contributed by atoms with van der Waals surface area (Å²) in [6, 6.07) is 0. The number of carbonyl (C=O) groups excluding carboxylic acids is 1. The fourth-order valence-electron chi connectivity index (χ4n) is 4.95. The van der Waals surface area contributed by atoms with Crippen molar-refractivity contribution in [2.75, 3.05) is 0 Å². The maximum absolute atomic E-state index is 12.2. The van der Waals surface area contributed by atoms with Gasteiger partial charge in [0.2, 0.25) is 0 Å². The van der Waals surface area contributed by atoms with Crippen molar-refractivity contribution in [1.29, 1.82) is 0 Å². The lowest BCUT2D eigenvalue weighted by molar-refractivity contribution is -0.130. The van der Waals surface area contributed by atoms with Gasteiger partial charge in [-0.05, 0) is 48.9 Å². The largest absolute Gasteiger partial charge is 0.299 e. The van der Waals surface area contributed by atoms with Crippen molar-refractivity contribution in [2.24, 2.45) is 29.1 Å². The van der Waals surface area contributed by atoms with Gasteiger partial charge in [-0.15, -0.1) is 0 Å². The van der Waals surface area contributed by atoms with Crippen LogP contribution in [0.4, 0.5) is 0 Å². The van der Waals surface area contributed by atoms with Crippen LogP contribution in [0.25, 0.3) is 0 Å². The lowest BCUT2D eigenvalue weighted by Crippen LogP contribution is -2.39. The molecule has 0 saturated heterocycles. The third-order valence-electron chi connectivity index (χ3n) is 6.06. The summed E-state index contributed by atoms with van der Waals surface area (Å²) in [5, 5.41) is 0. The molecule has 1 unspecified atom stereocenters. The zero-order valence-electron chi connectivity index (χ0n) is 13.4. The van der Waals surface area contributed by atoms with Crippen molar-refractivity contribution in [3.63, 3.8) is 0 Å². The number of fused-ring (bicyclic) bond motifs is 1. The van der Waals surface area contributed by atoms with Crippen LogP contribution in [-0.4, -0.2) is 5.78 Å². The van der Waals surface area contributed by atoms with E-state index < -0.39 is 0 Å². The first-order valence-electron chi connectivity index (χ1n) is 8.48. The zero-order valence-corrected chi connectivity index (χ0v) is 13.4. The van der Waals surface area contributed by atoms with Crippen LogP contribution < -0.4 is 0 Å². The average Bonchev–Trinajstić information content (AvgIpc) is 2.67. The first kappa shape index (κ1) is 15.1. The van der Waals surface area contributed by atoms with Crippen LogP contribution in [0.2, 0.25) is 0 Å². The Balaban J connectivity index is 1.95. The molecule has 0 heterocycles. The van der Waals surface area contributed by atoms with Crippen LogP contribution in [0.15, 0.2) is 0 Å². The highest BCUT2D eigenvalue weighted by Crippen LogP contribution is 2.57. The first-order valence-corrected chi connectivity index (χ1v) is 8.48. The van der Waals surface area contributed by atoms with Crippen molar-refractivity contribution in [3.05, 3.63) is 0 Å². The van der Waals surface area contributed by atoms with Gasteiger partial charge in [0.25, 0.3) is 0 Å². The highest BCUT2D eigenvalue weighted by atomic mass is 16.1. The first-order chi connectivity index (χ1) is 8.95.